The highest BCUT2D eigenvalue weighted by Crippen LogP contribution is 2.08. The molecule has 0 radical (unpaired) electrons. The number of amides is 2. The van der Waals surface area contributed by atoms with Gasteiger partial charge in [-0.25, -0.2) is 0 Å². The van der Waals surface area contributed by atoms with Gasteiger partial charge in [-0.05, 0) is 37.1 Å². The maximum Gasteiger partial charge on any atom is 0.269 e. The number of aromatic hydroxyl groups is 1. The third kappa shape index (κ3) is 5.53. The van der Waals surface area contributed by atoms with Crippen molar-refractivity contribution in [3.05, 3.63) is 29.8 Å². The Bertz CT molecular complexity index is 470. The van der Waals surface area contributed by atoms with Gasteiger partial charge in [0.2, 0.25) is 5.91 Å². The largest absolute Gasteiger partial charge is 0.550 e. The second-order valence-corrected chi connectivity index (χ2v) is 3.77. The second kappa shape index (κ2) is 7.00. The molecule has 1 aromatic carbocycles. The van der Waals surface area contributed by atoms with E-state index in [2.05, 4.69) is 10.9 Å². The van der Waals surface area contributed by atoms with E-state index in [9.17, 15) is 19.5 Å². The summed E-state index contributed by atoms with van der Waals surface area (Å²) in [5.74, 6) is -2.22. The fraction of sp³-hybridized carbons (Fsp3) is 0.250. The molecule has 19 heavy (non-hydrogen) atoms. The molecule has 0 aliphatic carbocycles. The molecule has 0 saturated carbocycles. The monoisotopic (exact) mass is 265 g/mol. The van der Waals surface area contributed by atoms with Gasteiger partial charge in [-0.15, -0.1) is 0 Å². The number of rotatable bonds is 5. The smallest absolute Gasteiger partial charge is 0.269 e. The lowest BCUT2D eigenvalue weighted by molar-refractivity contribution is -0.305. The number of carboxylic acid groups (broad SMARTS) is 1. The summed E-state index contributed by atoms with van der Waals surface area (Å²) >= 11 is 0. The first kappa shape index (κ1) is 14.5. The van der Waals surface area contributed by atoms with Crippen LogP contribution in [-0.4, -0.2) is 22.9 Å². The van der Waals surface area contributed by atoms with Crippen molar-refractivity contribution in [3.8, 4) is 5.75 Å². The van der Waals surface area contributed by atoms with Crippen molar-refractivity contribution in [2.24, 2.45) is 0 Å². The van der Waals surface area contributed by atoms with Gasteiger partial charge in [-0.2, -0.15) is 0 Å². The van der Waals surface area contributed by atoms with Crippen LogP contribution in [0.5, 0.6) is 5.75 Å². The van der Waals surface area contributed by atoms with Gasteiger partial charge in [0.05, 0.1) is 0 Å². The minimum Gasteiger partial charge on any atom is -0.550 e. The van der Waals surface area contributed by atoms with Crippen LogP contribution in [0.1, 0.15) is 29.6 Å². The predicted octanol–water partition coefficient (Wildman–Crippen LogP) is -0.927. The van der Waals surface area contributed by atoms with Gasteiger partial charge in [-0.3, -0.25) is 20.4 Å². The van der Waals surface area contributed by atoms with Crippen LogP contribution in [0.15, 0.2) is 24.3 Å². The third-order valence-electron chi connectivity index (χ3n) is 2.23. The highest BCUT2D eigenvalue weighted by atomic mass is 16.4. The Morgan fingerprint density at radius 2 is 1.68 bits per heavy atom. The van der Waals surface area contributed by atoms with Gasteiger partial charge in [0.25, 0.3) is 5.91 Å². The summed E-state index contributed by atoms with van der Waals surface area (Å²) in [5.41, 5.74) is 4.60. The number of hydrazine groups is 1. The Labute approximate surface area is 109 Å². The van der Waals surface area contributed by atoms with E-state index in [4.69, 9.17) is 5.11 Å². The van der Waals surface area contributed by atoms with Crippen LogP contribution in [0.2, 0.25) is 0 Å². The van der Waals surface area contributed by atoms with Crippen LogP contribution >= 0.6 is 0 Å². The van der Waals surface area contributed by atoms with E-state index in [1.165, 1.54) is 24.3 Å². The molecule has 0 atom stereocenters. The molecule has 0 fully saturated rings. The highest BCUT2D eigenvalue weighted by molar-refractivity contribution is 5.95. The number of carbonyl (C=O) groups excluding carboxylic acids is 3. The molecule has 0 spiro atoms. The number of benzene rings is 1. The predicted molar refractivity (Wildman–Crippen MR) is 62.6 cm³/mol. The molecule has 7 heteroatoms. The lowest BCUT2D eigenvalue weighted by atomic mass is 10.2. The summed E-state index contributed by atoms with van der Waals surface area (Å²) < 4.78 is 0. The molecule has 1 rings (SSSR count). The summed E-state index contributed by atoms with van der Waals surface area (Å²) in [6, 6.07) is 5.48. The van der Waals surface area contributed by atoms with Crippen molar-refractivity contribution < 1.29 is 24.6 Å². The first-order valence-corrected chi connectivity index (χ1v) is 5.57. The van der Waals surface area contributed by atoms with Crippen molar-refractivity contribution in [2.75, 3.05) is 0 Å². The minimum absolute atomic E-state index is 0.0240. The molecule has 0 saturated heterocycles. The van der Waals surface area contributed by atoms with E-state index in [1.54, 1.807) is 0 Å². The average Bonchev–Trinajstić information content (AvgIpc) is 2.36. The van der Waals surface area contributed by atoms with Gasteiger partial charge in [0.1, 0.15) is 5.75 Å². The fourth-order valence-corrected chi connectivity index (χ4v) is 1.27. The van der Waals surface area contributed by atoms with E-state index in [-0.39, 0.29) is 30.6 Å². The Kier molecular flexibility index (Phi) is 5.34. The molecule has 1 aromatic rings. The number of carboxylic acids is 1. The summed E-state index contributed by atoms with van der Waals surface area (Å²) in [6.45, 7) is 0. The Morgan fingerprint density at radius 3 is 2.26 bits per heavy atom. The standard InChI is InChI=1S/C12H14N2O5/c15-9-6-4-8(5-7-9)12(19)14-13-10(16)2-1-3-11(17)18/h4-7,15H,1-3H2,(H,13,16)(H,14,19)(H,17,18)/p-1. The molecule has 0 heterocycles. The minimum atomic E-state index is -1.22. The van der Waals surface area contributed by atoms with Crippen LogP contribution in [0.3, 0.4) is 0 Å². The van der Waals surface area contributed by atoms with Gasteiger partial charge in [0.15, 0.2) is 0 Å². The van der Waals surface area contributed by atoms with Crippen LogP contribution in [0, 0.1) is 0 Å². The number of nitrogens with one attached hydrogen (secondary N) is 2. The molecule has 0 aromatic heterocycles. The SMILES string of the molecule is O=C([O-])CCCC(=O)NNC(=O)c1ccc(O)cc1. The van der Waals surface area contributed by atoms with Crippen molar-refractivity contribution >= 4 is 17.8 Å². The summed E-state index contributed by atoms with van der Waals surface area (Å²) in [6.07, 6.45) is -0.0909. The highest BCUT2D eigenvalue weighted by Gasteiger charge is 2.07. The Morgan fingerprint density at radius 1 is 1.05 bits per heavy atom. The lowest BCUT2D eigenvalue weighted by Crippen LogP contribution is -2.41. The molecule has 7 nitrogen and oxygen atoms in total. The number of hydrogen-bond acceptors (Lipinski definition) is 5. The zero-order valence-corrected chi connectivity index (χ0v) is 10.0. The zero-order chi connectivity index (χ0) is 14.3. The van der Waals surface area contributed by atoms with Crippen LogP contribution in [0.4, 0.5) is 0 Å². The van der Waals surface area contributed by atoms with Gasteiger partial charge >= 0.3 is 0 Å². The molecule has 102 valence electrons. The van der Waals surface area contributed by atoms with E-state index >= 15 is 0 Å². The molecule has 2 amide bonds. The maximum absolute atomic E-state index is 11.5. The fourth-order valence-electron chi connectivity index (χ4n) is 1.27. The zero-order valence-electron chi connectivity index (χ0n) is 10.0. The summed E-state index contributed by atoms with van der Waals surface area (Å²) in [5, 5.41) is 19.2. The first-order valence-electron chi connectivity index (χ1n) is 5.57. The van der Waals surface area contributed by atoms with E-state index in [1.807, 2.05) is 0 Å². The number of phenolic OH excluding ortho intramolecular Hbond substituents is 1. The second-order valence-electron chi connectivity index (χ2n) is 3.77. The molecule has 3 N–H and O–H groups in total. The Balaban J connectivity index is 2.31. The lowest BCUT2D eigenvalue weighted by Gasteiger charge is -2.07. The quantitative estimate of drug-likeness (QED) is 0.594. The molecule has 0 aliphatic heterocycles. The van der Waals surface area contributed by atoms with Gasteiger partial charge < -0.3 is 15.0 Å². The maximum atomic E-state index is 11.5. The number of aliphatic carboxylic acids is 1. The summed E-state index contributed by atoms with van der Waals surface area (Å²) in [7, 11) is 0. The topological polar surface area (TPSA) is 119 Å². The molecule has 0 unspecified atom stereocenters. The molecular formula is C12H13N2O5-. The van der Waals surface area contributed by atoms with Gasteiger partial charge in [-0.1, -0.05) is 0 Å². The number of hydrogen-bond donors (Lipinski definition) is 3. The normalized spacial score (nSPS) is 9.68. The van der Waals surface area contributed by atoms with E-state index in [0.717, 1.165) is 0 Å². The average molecular weight is 265 g/mol. The van der Waals surface area contributed by atoms with E-state index in [0.29, 0.717) is 0 Å². The van der Waals surface area contributed by atoms with Crippen LogP contribution < -0.4 is 16.0 Å². The molecule has 0 aliphatic rings. The number of carbonyl (C=O) groups is 3. The van der Waals surface area contributed by atoms with Crippen molar-refractivity contribution in [1.29, 1.82) is 0 Å². The van der Waals surface area contributed by atoms with Crippen molar-refractivity contribution in [2.45, 2.75) is 19.3 Å². The van der Waals surface area contributed by atoms with Crippen LogP contribution in [0.25, 0.3) is 0 Å². The van der Waals surface area contributed by atoms with Crippen molar-refractivity contribution in [1.82, 2.24) is 10.9 Å². The van der Waals surface area contributed by atoms with Crippen LogP contribution in [-0.2, 0) is 9.59 Å². The third-order valence-corrected chi connectivity index (χ3v) is 2.23. The number of phenols is 1. The van der Waals surface area contributed by atoms with Crippen molar-refractivity contribution in [3.63, 3.8) is 0 Å². The molecular weight excluding hydrogens is 252 g/mol. The van der Waals surface area contributed by atoms with E-state index < -0.39 is 17.8 Å². The first-order chi connectivity index (χ1) is 8.99. The molecule has 0 bridgehead atoms. The van der Waals surface area contributed by atoms with Gasteiger partial charge in [0, 0.05) is 18.0 Å². The summed E-state index contributed by atoms with van der Waals surface area (Å²) in [4.78, 5) is 32.9. The Hall–Kier alpha value is -2.57.